The van der Waals surface area contributed by atoms with E-state index in [4.69, 9.17) is 0 Å². The fourth-order valence-electron chi connectivity index (χ4n) is 4.43. The molecule has 11 heteroatoms. The van der Waals surface area contributed by atoms with Gasteiger partial charge in [-0.05, 0) is 56.2 Å². The second-order valence-corrected chi connectivity index (χ2v) is 11.3. The zero-order valence-corrected chi connectivity index (χ0v) is 23.7. The van der Waals surface area contributed by atoms with E-state index in [1.807, 2.05) is 37.8 Å². The normalized spacial score (nSPS) is 18.8. The molecular weight excluding hydrogens is 526 g/mol. The lowest BCUT2D eigenvalue weighted by molar-refractivity contribution is -0.138. The maximum Gasteiger partial charge on any atom is 0.246 e. The first-order valence-corrected chi connectivity index (χ1v) is 13.5. The number of fused-ring (bicyclic) bond motifs is 1. The number of hydrogen-bond acceptors (Lipinski definition) is 5. The largest absolute Gasteiger partial charge is 0.357 e. The molecule has 4 amide bonds. The van der Waals surface area contributed by atoms with Crippen LogP contribution in [-0.4, -0.2) is 77.7 Å². The van der Waals surface area contributed by atoms with Crippen molar-refractivity contribution in [1.82, 2.24) is 15.1 Å². The van der Waals surface area contributed by atoms with Crippen LogP contribution in [0.1, 0.15) is 31.9 Å². The van der Waals surface area contributed by atoms with Crippen LogP contribution in [0.4, 0.5) is 14.5 Å². The second kappa shape index (κ2) is 14.1. The summed E-state index contributed by atoms with van der Waals surface area (Å²) in [6, 6.07) is 10.1. The van der Waals surface area contributed by atoms with Gasteiger partial charge in [-0.3, -0.25) is 19.2 Å². The Morgan fingerprint density at radius 1 is 1.10 bits per heavy atom. The van der Waals surface area contributed by atoms with E-state index in [-0.39, 0.29) is 16.6 Å². The minimum Gasteiger partial charge on any atom is -0.357 e. The summed E-state index contributed by atoms with van der Waals surface area (Å²) in [5.41, 5.74) is 1.77. The molecule has 4 rings (SSSR count). The van der Waals surface area contributed by atoms with Crippen molar-refractivity contribution in [2.45, 2.75) is 43.9 Å². The van der Waals surface area contributed by atoms with Crippen molar-refractivity contribution in [3.05, 3.63) is 65.2 Å². The Morgan fingerprint density at radius 3 is 2.23 bits per heavy atom. The predicted octanol–water partition coefficient (Wildman–Crippen LogP) is 3.25. The summed E-state index contributed by atoms with van der Waals surface area (Å²) in [5, 5.41) is 5.21. The van der Waals surface area contributed by atoms with Crippen LogP contribution in [0.2, 0.25) is 0 Å². The Morgan fingerprint density at radius 2 is 1.74 bits per heavy atom. The zero-order valence-electron chi connectivity index (χ0n) is 22.9. The first-order valence-electron chi connectivity index (χ1n) is 12.5. The van der Waals surface area contributed by atoms with Crippen molar-refractivity contribution in [3.8, 4) is 0 Å². The number of halogens is 2. The van der Waals surface area contributed by atoms with E-state index in [1.165, 1.54) is 23.1 Å². The number of nitrogens with one attached hydrogen (secondary N) is 2. The molecule has 2 N–H and O–H groups in total. The molecule has 1 aliphatic carbocycles. The highest BCUT2D eigenvalue weighted by Gasteiger charge is 2.46. The summed E-state index contributed by atoms with van der Waals surface area (Å²) in [5.74, 6) is 0.103. The average molecular weight is 563 g/mol. The quantitative estimate of drug-likeness (QED) is 0.527. The van der Waals surface area contributed by atoms with Crippen LogP contribution in [0.15, 0.2) is 42.5 Å². The SMILES string of the molecule is CCN1CCSC(C)(C)C1=O.CNC(=O)C1(N(C)C=O)Cc2ccc(NC=O)cc2C1.Fc1cccc(F)c1. The smallest absolute Gasteiger partial charge is 0.246 e. The van der Waals surface area contributed by atoms with E-state index in [9.17, 15) is 28.0 Å². The lowest BCUT2D eigenvalue weighted by atomic mass is 9.93. The summed E-state index contributed by atoms with van der Waals surface area (Å²) in [6.45, 7) is 7.81. The van der Waals surface area contributed by atoms with Gasteiger partial charge in [0.05, 0.1) is 4.75 Å². The summed E-state index contributed by atoms with van der Waals surface area (Å²) >= 11 is 1.76. The third kappa shape index (κ3) is 8.01. The van der Waals surface area contributed by atoms with Crippen molar-refractivity contribution in [2.24, 2.45) is 0 Å². The van der Waals surface area contributed by atoms with Gasteiger partial charge in [0.2, 0.25) is 24.6 Å². The molecule has 2 aromatic carbocycles. The highest BCUT2D eigenvalue weighted by atomic mass is 32.2. The van der Waals surface area contributed by atoms with Crippen molar-refractivity contribution in [3.63, 3.8) is 0 Å². The standard InChI is InChI=1S/C14H17N3O3.C8H15NOS.C6H4F2/c1-15-13(20)14(17(2)9-19)6-10-3-4-12(16-8-18)5-11(10)7-14;1-4-9-5-6-11-8(2,3)7(9)10;7-5-2-1-3-6(8)4-5/h3-5,8-9H,6-7H2,1-2H3,(H,15,20)(H,16,18);4-6H2,1-3H3;1-4H. The predicted molar refractivity (Wildman–Crippen MR) is 149 cm³/mol. The van der Waals surface area contributed by atoms with Crippen LogP contribution in [0.5, 0.6) is 0 Å². The maximum atomic E-state index is 12.2. The average Bonchev–Trinajstić information content (AvgIpc) is 3.30. The molecule has 1 atom stereocenters. The maximum absolute atomic E-state index is 12.2. The monoisotopic (exact) mass is 562 g/mol. The van der Waals surface area contributed by atoms with Crippen LogP contribution in [0.25, 0.3) is 0 Å². The van der Waals surface area contributed by atoms with Crippen molar-refractivity contribution in [2.75, 3.05) is 38.3 Å². The summed E-state index contributed by atoms with van der Waals surface area (Å²) in [7, 11) is 3.17. The van der Waals surface area contributed by atoms with Crippen LogP contribution in [0, 0.1) is 11.6 Å². The van der Waals surface area contributed by atoms with Crippen molar-refractivity contribution < 1.29 is 28.0 Å². The van der Waals surface area contributed by atoms with Crippen LogP contribution in [0.3, 0.4) is 0 Å². The number of hydrogen-bond donors (Lipinski definition) is 2. The van der Waals surface area contributed by atoms with Crippen LogP contribution >= 0.6 is 11.8 Å². The first kappa shape index (κ1) is 31.7. The molecule has 1 heterocycles. The Labute approximate surface area is 232 Å². The van der Waals surface area contributed by atoms with Gasteiger partial charge in [0.1, 0.15) is 17.2 Å². The van der Waals surface area contributed by atoms with Crippen molar-refractivity contribution in [1.29, 1.82) is 0 Å². The molecule has 0 bridgehead atoms. The van der Waals surface area contributed by atoms with Gasteiger partial charge in [0.25, 0.3) is 0 Å². The van der Waals surface area contributed by atoms with Gasteiger partial charge >= 0.3 is 0 Å². The number of rotatable bonds is 6. The third-order valence-electron chi connectivity index (χ3n) is 6.68. The molecule has 1 unspecified atom stereocenters. The number of carbonyl (C=O) groups is 4. The fraction of sp³-hybridized carbons (Fsp3) is 0.429. The number of amides is 4. The van der Waals surface area contributed by atoms with Gasteiger partial charge in [-0.2, -0.15) is 0 Å². The Kier molecular flexibility index (Phi) is 11.5. The molecule has 8 nitrogen and oxygen atoms in total. The highest BCUT2D eigenvalue weighted by molar-refractivity contribution is 8.01. The van der Waals surface area contributed by atoms with Gasteiger partial charge in [-0.25, -0.2) is 8.78 Å². The number of benzene rings is 2. The van der Waals surface area contributed by atoms with Crippen LogP contribution in [-0.2, 0) is 32.0 Å². The van der Waals surface area contributed by atoms with E-state index in [0.29, 0.717) is 31.3 Å². The second-order valence-electron chi connectivity index (χ2n) is 9.61. The molecule has 0 spiro atoms. The van der Waals surface area contributed by atoms with E-state index >= 15 is 0 Å². The number of carbonyl (C=O) groups excluding carboxylic acids is 4. The number of anilines is 1. The lowest BCUT2D eigenvalue weighted by Crippen LogP contribution is -2.57. The minimum atomic E-state index is -0.890. The molecule has 212 valence electrons. The van der Waals surface area contributed by atoms with E-state index in [1.54, 1.807) is 31.9 Å². The van der Waals surface area contributed by atoms with Gasteiger partial charge < -0.3 is 20.4 Å². The van der Waals surface area contributed by atoms with Gasteiger partial charge in [0, 0.05) is 57.5 Å². The first-order chi connectivity index (χ1) is 18.4. The van der Waals surface area contributed by atoms with Crippen LogP contribution < -0.4 is 10.6 Å². The topological polar surface area (TPSA) is 98.8 Å². The molecular formula is C28H36F2N4O4S. The summed E-state index contributed by atoms with van der Waals surface area (Å²) in [6.07, 6.45) is 2.19. The Balaban J connectivity index is 0.000000234. The van der Waals surface area contributed by atoms with E-state index in [2.05, 4.69) is 10.6 Å². The molecule has 1 aliphatic heterocycles. The number of likely N-dealkylation sites (N-methyl/N-ethyl adjacent to an activating group) is 2. The molecule has 2 aliphatic rings. The van der Waals surface area contributed by atoms with E-state index in [0.717, 1.165) is 36.0 Å². The number of thioether (sulfide) groups is 1. The molecule has 1 saturated heterocycles. The Bertz CT molecular complexity index is 1160. The molecule has 1 fully saturated rings. The number of nitrogens with zero attached hydrogens (tertiary/aromatic N) is 2. The molecule has 0 radical (unpaired) electrons. The fourth-order valence-corrected chi connectivity index (χ4v) is 5.51. The summed E-state index contributed by atoms with van der Waals surface area (Å²) < 4.78 is 23.7. The van der Waals surface area contributed by atoms with Gasteiger partial charge in [0.15, 0.2) is 0 Å². The minimum absolute atomic E-state index is 0.186. The Hall–Kier alpha value is -3.47. The molecule has 2 aromatic rings. The highest BCUT2D eigenvalue weighted by Crippen LogP contribution is 2.35. The molecule has 0 aromatic heterocycles. The van der Waals surface area contributed by atoms with Gasteiger partial charge in [-0.1, -0.05) is 12.1 Å². The van der Waals surface area contributed by atoms with Gasteiger partial charge in [-0.15, -0.1) is 11.8 Å². The molecule has 0 saturated carbocycles. The van der Waals surface area contributed by atoms with E-state index < -0.39 is 17.2 Å². The third-order valence-corrected chi connectivity index (χ3v) is 7.96. The lowest BCUT2D eigenvalue weighted by Gasteiger charge is -2.35. The molecule has 39 heavy (non-hydrogen) atoms. The summed E-state index contributed by atoms with van der Waals surface area (Å²) in [4.78, 5) is 48.8. The zero-order chi connectivity index (χ0) is 29.2. The van der Waals surface area contributed by atoms with Crippen molar-refractivity contribution >= 4 is 42.1 Å².